The molecule has 4 nitrogen and oxygen atoms in total. The van der Waals surface area contributed by atoms with E-state index in [1.807, 2.05) is 6.08 Å². The minimum absolute atomic E-state index is 0.0975. The van der Waals surface area contributed by atoms with Gasteiger partial charge in [-0.3, -0.25) is 4.79 Å². The maximum Gasteiger partial charge on any atom is 0.182 e. The van der Waals surface area contributed by atoms with Crippen LogP contribution < -0.4 is 4.74 Å². The topological polar surface area (TPSA) is 66.8 Å². The van der Waals surface area contributed by atoms with Gasteiger partial charge in [0.25, 0.3) is 0 Å². The molecular weight excluding hydrogens is 344 g/mol. The van der Waals surface area contributed by atoms with Crippen LogP contribution in [0.5, 0.6) is 11.5 Å². The number of phenolic OH excluding ortho intramolecular Hbond substituents is 1. The number of rotatable bonds is 7. The second kappa shape index (κ2) is 8.35. The molecule has 1 aromatic carbocycles. The number of phenols is 1. The molecule has 0 spiro atoms. The van der Waals surface area contributed by atoms with E-state index in [1.54, 1.807) is 35.7 Å². The van der Waals surface area contributed by atoms with Crippen molar-refractivity contribution in [3.8, 4) is 11.5 Å². The van der Waals surface area contributed by atoms with Crippen molar-refractivity contribution in [2.24, 2.45) is 0 Å². The Morgan fingerprint density at radius 3 is 2.79 bits per heavy atom. The summed E-state index contributed by atoms with van der Waals surface area (Å²) < 4.78 is 5.26. The van der Waals surface area contributed by atoms with Crippen molar-refractivity contribution in [2.75, 3.05) is 18.1 Å². The van der Waals surface area contributed by atoms with Gasteiger partial charge in [-0.2, -0.15) is 0 Å². The van der Waals surface area contributed by atoms with E-state index in [9.17, 15) is 15.0 Å². The highest BCUT2D eigenvalue weighted by atomic mass is 32.2. The van der Waals surface area contributed by atoms with E-state index in [2.05, 4.69) is 13.5 Å². The van der Waals surface area contributed by atoms with Crippen molar-refractivity contribution in [2.45, 2.75) is 11.0 Å². The molecule has 2 N–H and O–H groups in total. The Morgan fingerprint density at radius 1 is 1.42 bits per heavy atom. The molecule has 1 saturated heterocycles. The van der Waals surface area contributed by atoms with Gasteiger partial charge in [0.15, 0.2) is 5.78 Å². The van der Waals surface area contributed by atoms with Gasteiger partial charge in [0.2, 0.25) is 0 Å². The summed E-state index contributed by atoms with van der Waals surface area (Å²) in [7, 11) is 0. The van der Waals surface area contributed by atoms with Crippen molar-refractivity contribution in [1.82, 2.24) is 0 Å². The summed E-state index contributed by atoms with van der Waals surface area (Å²) in [6.45, 7) is 5.93. The van der Waals surface area contributed by atoms with Gasteiger partial charge in [0, 0.05) is 17.6 Å². The Bertz CT molecular complexity index is 674. The smallest absolute Gasteiger partial charge is 0.182 e. The summed E-state index contributed by atoms with van der Waals surface area (Å²) in [5.74, 6) is 1.83. The second-order valence-corrected chi connectivity index (χ2v) is 8.61. The van der Waals surface area contributed by atoms with Crippen LogP contribution in [0.1, 0.15) is 12.5 Å². The molecule has 6 heteroatoms. The van der Waals surface area contributed by atoms with Gasteiger partial charge < -0.3 is 14.9 Å². The lowest BCUT2D eigenvalue weighted by Gasteiger charge is -2.15. The molecule has 0 saturated carbocycles. The number of benzene rings is 1. The maximum atomic E-state index is 12.0. The Balaban J connectivity index is 2.13. The summed E-state index contributed by atoms with van der Waals surface area (Å²) in [5.41, 5.74) is 0.147. The van der Waals surface area contributed by atoms with E-state index in [-0.39, 0.29) is 26.9 Å². The van der Waals surface area contributed by atoms with E-state index < -0.39 is 0 Å². The number of ether oxygens (including phenoxy) is 1. The molecule has 1 fully saturated rings. The Hall–Kier alpha value is -1.79. The lowest BCUT2D eigenvalue weighted by atomic mass is 10.1. The predicted octanol–water partition coefficient (Wildman–Crippen LogP) is 4.18. The monoisotopic (exact) mass is 364 g/mol. The lowest BCUT2D eigenvalue weighted by molar-refractivity contribution is -0.110. The number of hydrogen-bond donors (Lipinski definition) is 2. The summed E-state index contributed by atoms with van der Waals surface area (Å²) in [4.78, 5) is 12.0. The Morgan fingerprint density at radius 2 is 2.12 bits per heavy atom. The zero-order valence-electron chi connectivity index (χ0n) is 13.4. The third-order valence-corrected chi connectivity index (χ3v) is 6.50. The van der Waals surface area contributed by atoms with E-state index in [1.165, 1.54) is 18.2 Å². The first-order valence-corrected chi connectivity index (χ1v) is 9.39. The number of aliphatic hydroxyl groups excluding tert-OH is 1. The largest absolute Gasteiger partial charge is 0.507 e. The van der Waals surface area contributed by atoms with Crippen LogP contribution in [0.4, 0.5) is 0 Å². The van der Waals surface area contributed by atoms with Gasteiger partial charge in [-0.15, -0.1) is 23.5 Å². The van der Waals surface area contributed by atoms with Crippen molar-refractivity contribution in [1.29, 1.82) is 0 Å². The van der Waals surface area contributed by atoms with Crippen molar-refractivity contribution in [3.63, 3.8) is 0 Å². The van der Waals surface area contributed by atoms with Gasteiger partial charge in [-0.25, -0.2) is 0 Å². The molecule has 1 aliphatic rings. The molecule has 0 atom stereocenters. The zero-order chi connectivity index (χ0) is 17.6. The van der Waals surface area contributed by atoms with Gasteiger partial charge in [0.1, 0.15) is 23.9 Å². The average Bonchev–Trinajstić information content (AvgIpc) is 2.99. The van der Waals surface area contributed by atoms with Crippen LogP contribution in [0.15, 0.2) is 49.1 Å². The van der Waals surface area contributed by atoms with Crippen LogP contribution in [0.3, 0.4) is 0 Å². The summed E-state index contributed by atoms with van der Waals surface area (Å²) in [5, 5.41) is 20.0. The highest BCUT2D eigenvalue weighted by molar-refractivity contribution is 8.21. The number of aromatic hydroxyl groups is 1. The minimum atomic E-state index is -0.335. The van der Waals surface area contributed by atoms with E-state index >= 15 is 0 Å². The fourth-order valence-corrected chi connectivity index (χ4v) is 4.73. The molecule has 1 heterocycles. The van der Waals surface area contributed by atoms with Crippen molar-refractivity contribution in [3.05, 3.63) is 54.6 Å². The van der Waals surface area contributed by atoms with Gasteiger partial charge in [-0.1, -0.05) is 18.7 Å². The highest BCUT2D eigenvalue weighted by Crippen LogP contribution is 2.44. The first kappa shape index (κ1) is 18.5. The number of hydrogen-bond acceptors (Lipinski definition) is 6. The Labute approximate surface area is 150 Å². The number of ketones is 1. The summed E-state index contributed by atoms with van der Waals surface area (Å²) in [6.07, 6.45) is 5.99. The predicted molar refractivity (Wildman–Crippen MR) is 102 cm³/mol. The van der Waals surface area contributed by atoms with E-state index in [0.29, 0.717) is 12.4 Å². The number of thioether (sulfide) groups is 2. The van der Waals surface area contributed by atoms with Crippen LogP contribution >= 0.6 is 23.5 Å². The maximum absolute atomic E-state index is 12.0. The van der Waals surface area contributed by atoms with Crippen LogP contribution in [0.25, 0.3) is 5.76 Å². The first-order chi connectivity index (χ1) is 11.4. The number of carbonyl (C=O) groups excluding carboxylic acids is 1. The van der Waals surface area contributed by atoms with Crippen molar-refractivity contribution < 1.29 is 19.7 Å². The highest BCUT2D eigenvalue weighted by Gasteiger charge is 2.27. The molecule has 0 bridgehead atoms. The number of aliphatic hydroxyl groups is 1. The second-order valence-electron chi connectivity index (χ2n) is 5.26. The van der Waals surface area contributed by atoms with Gasteiger partial charge in [0.05, 0.1) is 9.64 Å². The zero-order valence-corrected chi connectivity index (χ0v) is 15.0. The molecule has 128 valence electrons. The quantitative estimate of drug-likeness (QED) is 0.430. The normalized spacial score (nSPS) is 17.1. The molecule has 0 amide bonds. The molecule has 1 aliphatic heterocycles. The first-order valence-electron chi connectivity index (χ1n) is 7.42. The van der Waals surface area contributed by atoms with Gasteiger partial charge >= 0.3 is 0 Å². The standard InChI is InChI=1S/C18H20O4S2/c1-3-8-22-14-4-5-16(20)15(12-14)17(21)11-13(19)6-7-18(2)23-9-10-24-18/h3-7,11-12,20-21H,1,8-10H2,2H3/b7-6+,17-11-. The lowest BCUT2D eigenvalue weighted by Crippen LogP contribution is -2.06. The average molecular weight is 364 g/mol. The van der Waals surface area contributed by atoms with E-state index in [0.717, 1.165) is 17.6 Å². The fourth-order valence-electron chi connectivity index (χ4n) is 2.09. The molecule has 0 radical (unpaired) electrons. The molecule has 0 unspecified atom stereocenters. The van der Waals surface area contributed by atoms with Crippen LogP contribution in [-0.2, 0) is 4.79 Å². The van der Waals surface area contributed by atoms with Crippen LogP contribution in [0, 0.1) is 0 Å². The number of carbonyl (C=O) groups is 1. The third kappa shape index (κ3) is 5.11. The SMILES string of the molecule is C=CCOc1ccc(O)c(/C(O)=C/C(=O)/C=C/C2(C)SCCS2)c1. The summed E-state index contributed by atoms with van der Waals surface area (Å²) >= 11 is 3.58. The Kier molecular flexibility index (Phi) is 6.45. The van der Waals surface area contributed by atoms with E-state index in [4.69, 9.17) is 4.74 Å². The summed E-state index contributed by atoms with van der Waals surface area (Å²) in [6, 6.07) is 4.46. The van der Waals surface area contributed by atoms with Crippen molar-refractivity contribution >= 4 is 35.1 Å². The number of allylic oxidation sites excluding steroid dienone is 2. The molecular formula is C18H20O4S2. The van der Waals surface area contributed by atoms with Crippen LogP contribution in [-0.4, -0.2) is 38.2 Å². The molecule has 0 aliphatic carbocycles. The van der Waals surface area contributed by atoms with Crippen LogP contribution in [0.2, 0.25) is 0 Å². The molecule has 1 aromatic rings. The molecule has 0 aromatic heterocycles. The van der Waals surface area contributed by atoms with Gasteiger partial charge in [-0.05, 0) is 31.2 Å². The molecule has 2 rings (SSSR count). The minimum Gasteiger partial charge on any atom is -0.507 e. The molecule has 24 heavy (non-hydrogen) atoms. The fraction of sp³-hybridized carbons (Fsp3) is 0.278. The third-order valence-electron chi connectivity index (χ3n) is 3.30.